The van der Waals surface area contributed by atoms with Crippen LogP contribution in [0.1, 0.15) is 38.5 Å². The Kier molecular flexibility index (Phi) is 3.40. The zero-order chi connectivity index (χ0) is 9.80. The zero-order valence-electron chi connectivity index (χ0n) is 8.80. The fraction of sp³-hybridized carbons (Fsp3) is 0.909. The molecule has 2 aliphatic rings. The van der Waals surface area contributed by atoms with Crippen molar-refractivity contribution in [3.8, 4) is 0 Å². The average Bonchev–Trinajstić information content (AvgIpc) is 2.59. The van der Waals surface area contributed by atoms with Crippen LogP contribution >= 0.6 is 0 Å². The van der Waals surface area contributed by atoms with Crippen LogP contribution in [0.2, 0.25) is 0 Å². The minimum atomic E-state index is 0.121. The van der Waals surface area contributed by atoms with E-state index in [-0.39, 0.29) is 6.04 Å². The molecule has 0 aromatic heterocycles. The van der Waals surface area contributed by atoms with Crippen molar-refractivity contribution in [1.82, 2.24) is 10.2 Å². The summed E-state index contributed by atoms with van der Waals surface area (Å²) in [6.45, 7) is 2.98. The summed E-state index contributed by atoms with van der Waals surface area (Å²) in [4.78, 5) is 14.0. The first-order valence-electron chi connectivity index (χ1n) is 5.90. The van der Waals surface area contributed by atoms with E-state index in [1.165, 1.54) is 32.1 Å². The van der Waals surface area contributed by atoms with E-state index in [2.05, 4.69) is 5.32 Å². The molecule has 14 heavy (non-hydrogen) atoms. The summed E-state index contributed by atoms with van der Waals surface area (Å²) in [6.07, 6.45) is 7.13. The molecule has 0 aliphatic carbocycles. The first-order valence-corrected chi connectivity index (χ1v) is 5.90. The van der Waals surface area contributed by atoms with E-state index in [1.54, 1.807) is 0 Å². The number of amides is 1. The van der Waals surface area contributed by atoms with Crippen molar-refractivity contribution in [1.29, 1.82) is 0 Å². The van der Waals surface area contributed by atoms with Gasteiger partial charge < -0.3 is 10.2 Å². The molecule has 0 radical (unpaired) electrons. The Labute approximate surface area is 85.8 Å². The number of carbonyl (C=O) groups is 1. The second-order valence-electron chi connectivity index (χ2n) is 4.39. The Bertz CT molecular complexity index is 191. The lowest BCUT2D eigenvalue weighted by Gasteiger charge is -2.22. The largest absolute Gasteiger partial charge is 0.341 e. The van der Waals surface area contributed by atoms with Crippen LogP contribution in [0.5, 0.6) is 0 Å². The molecule has 0 aromatic rings. The minimum Gasteiger partial charge on any atom is -0.341 e. The predicted molar refractivity (Wildman–Crippen MR) is 56.1 cm³/mol. The van der Waals surface area contributed by atoms with E-state index in [0.29, 0.717) is 5.91 Å². The smallest absolute Gasteiger partial charge is 0.239 e. The van der Waals surface area contributed by atoms with E-state index < -0.39 is 0 Å². The average molecular weight is 196 g/mol. The topological polar surface area (TPSA) is 32.3 Å². The van der Waals surface area contributed by atoms with Gasteiger partial charge in [0.25, 0.3) is 0 Å². The van der Waals surface area contributed by atoms with Gasteiger partial charge in [-0.25, -0.2) is 0 Å². The SMILES string of the molecule is O=C([C@@H]1CCCCCN1)N1CCCC1. The van der Waals surface area contributed by atoms with Gasteiger partial charge in [-0.1, -0.05) is 12.8 Å². The van der Waals surface area contributed by atoms with Gasteiger partial charge in [-0.3, -0.25) is 4.79 Å². The molecule has 3 nitrogen and oxygen atoms in total. The molecular weight excluding hydrogens is 176 g/mol. The van der Waals surface area contributed by atoms with E-state index in [9.17, 15) is 4.79 Å². The summed E-state index contributed by atoms with van der Waals surface area (Å²) in [5.74, 6) is 0.351. The van der Waals surface area contributed by atoms with Crippen molar-refractivity contribution in [3.63, 3.8) is 0 Å². The third-order valence-electron chi connectivity index (χ3n) is 3.28. The normalized spacial score (nSPS) is 28.9. The van der Waals surface area contributed by atoms with E-state index >= 15 is 0 Å². The van der Waals surface area contributed by atoms with Crippen molar-refractivity contribution in [3.05, 3.63) is 0 Å². The Morgan fingerprint density at radius 2 is 1.86 bits per heavy atom. The van der Waals surface area contributed by atoms with Crippen LogP contribution in [0.25, 0.3) is 0 Å². The van der Waals surface area contributed by atoms with Crippen LogP contribution in [-0.4, -0.2) is 36.5 Å². The Morgan fingerprint density at radius 1 is 1.07 bits per heavy atom. The molecule has 2 rings (SSSR count). The summed E-state index contributed by atoms with van der Waals surface area (Å²) >= 11 is 0. The molecule has 2 fully saturated rings. The molecule has 0 aromatic carbocycles. The minimum absolute atomic E-state index is 0.121. The van der Waals surface area contributed by atoms with Crippen molar-refractivity contribution in [2.75, 3.05) is 19.6 Å². The number of carbonyl (C=O) groups excluding carboxylic acids is 1. The highest BCUT2D eigenvalue weighted by Gasteiger charge is 2.26. The Hall–Kier alpha value is -0.570. The van der Waals surface area contributed by atoms with E-state index in [1.807, 2.05) is 4.90 Å². The van der Waals surface area contributed by atoms with E-state index in [4.69, 9.17) is 0 Å². The first-order chi connectivity index (χ1) is 6.88. The molecule has 1 atom stereocenters. The molecule has 2 saturated heterocycles. The molecule has 2 aliphatic heterocycles. The third kappa shape index (κ3) is 2.27. The quantitative estimate of drug-likeness (QED) is 0.682. The molecule has 0 unspecified atom stereocenters. The van der Waals surface area contributed by atoms with E-state index in [0.717, 1.165) is 26.1 Å². The number of rotatable bonds is 1. The van der Waals surface area contributed by atoms with Gasteiger partial charge in [-0.15, -0.1) is 0 Å². The molecule has 0 spiro atoms. The first kappa shape index (κ1) is 9.97. The summed E-state index contributed by atoms with van der Waals surface area (Å²) in [5, 5.41) is 3.37. The highest BCUT2D eigenvalue weighted by molar-refractivity contribution is 5.82. The monoisotopic (exact) mass is 196 g/mol. The van der Waals surface area contributed by atoms with Crippen LogP contribution < -0.4 is 5.32 Å². The van der Waals surface area contributed by atoms with Crippen molar-refractivity contribution >= 4 is 5.91 Å². The highest BCUT2D eigenvalue weighted by atomic mass is 16.2. The van der Waals surface area contributed by atoms with Gasteiger partial charge in [0.1, 0.15) is 0 Å². The summed E-state index contributed by atoms with van der Waals surface area (Å²) in [7, 11) is 0. The molecule has 2 heterocycles. The van der Waals surface area contributed by atoms with Gasteiger partial charge in [0.15, 0.2) is 0 Å². The molecule has 1 N–H and O–H groups in total. The highest BCUT2D eigenvalue weighted by Crippen LogP contribution is 2.14. The Morgan fingerprint density at radius 3 is 2.64 bits per heavy atom. The number of hydrogen-bond acceptors (Lipinski definition) is 2. The van der Waals surface area contributed by atoms with Crippen molar-refractivity contribution in [2.24, 2.45) is 0 Å². The lowest BCUT2D eigenvalue weighted by atomic mass is 10.1. The second kappa shape index (κ2) is 4.78. The van der Waals surface area contributed by atoms with Crippen molar-refractivity contribution < 1.29 is 4.79 Å². The number of likely N-dealkylation sites (tertiary alicyclic amines) is 1. The number of nitrogens with one attached hydrogen (secondary N) is 1. The molecular formula is C11H20N2O. The lowest BCUT2D eigenvalue weighted by Crippen LogP contribution is -2.45. The Balaban J connectivity index is 1.88. The van der Waals surface area contributed by atoms with Crippen LogP contribution in [-0.2, 0) is 4.79 Å². The second-order valence-corrected chi connectivity index (χ2v) is 4.39. The maximum absolute atomic E-state index is 12.0. The van der Waals surface area contributed by atoms with Gasteiger partial charge in [0, 0.05) is 13.1 Å². The fourth-order valence-corrected chi connectivity index (χ4v) is 2.40. The summed E-state index contributed by atoms with van der Waals surface area (Å²) in [5.41, 5.74) is 0. The summed E-state index contributed by atoms with van der Waals surface area (Å²) in [6, 6.07) is 0.121. The van der Waals surface area contributed by atoms with Crippen LogP contribution in [0.15, 0.2) is 0 Å². The third-order valence-corrected chi connectivity index (χ3v) is 3.28. The maximum atomic E-state index is 12.0. The van der Waals surface area contributed by atoms with Crippen LogP contribution in [0.4, 0.5) is 0 Å². The number of hydrogen-bond donors (Lipinski definition) is 1. The fourth-order valence-electron chi connectivity index (χ4n) is 2.40. The molecule has 0 bridgehead atoms. The van der Waals surface area contributed by atoms with Gasteiger partial charge in [-0.2, -0.15) is 0 Å². The van der Waals surface area contributed by atoms with Crippen LogP contribution in [0.3, 0.4) is 0 Å². The molecule has 0 saturated carbocycles. The van der Waals surface area contributed by atoms with Gasteiger partial charge in [-0.05, 0) is 32.2 Å². The van der Waals surface area contributed by atoms with Crippen LogP contribution in [0, 0.1) is 0 Å². The summed E-state index contributed by atoms with van der Waals surface area (Å²) < 4.78 is 0. The molecule has 80 valence electrons. The standard InChI is InChI=1S/C11H20N2O/c14-11(13-8-4-5-9-13)10-6-2-1-3-7-12-10/h10,12H,1-9H2/t10-/m0/s1. The van der Waals surface area contributed by atoms with Crippen molar-refractivity contribution in [2.45, 2.75) is 44.6 Å². The number of nitrogens with zero attached hydrogens (tertiary/aromatic N) is 1. The predicted octanol–water partition coefficient (Wildman–Crippen LogP) is 1.14. The van der Waals surface area contributed by atoms with Gasteiger partial charge in [0.2, 0.25) is 5.91 Å². The van der Waals surface area contributed by atoms with Gasteiger partial charge >= 0.3 is 0 Å². The molecule has 3 heteroatoms. The van der Waals surface area contributed by atoms with Gasteiger partial charge in [0.05, 0.1) is 6.04 Å². The lowest BCUT2D eigenvalue weighted by molar-refractivity contribution is -0.132. The maximum Gasteiger partial charge on any atom is 0.239 e. The molecule has 1 amide bonds. The zero-order valence-corrected chi connectivity index (χ0v) is 8.80.